The van der Waals surface area contributed by atoms with Crippen LogP contribution in [0.2, 0.25) is 0 Å². The molecule has 0 bridgehead atoms. The second kappa shape index (κ2) is 3.41. The fourth-order valence-electron chi connectivity index (χ4n) is 1.14. The fourth-order valence-corrected chi connectivity index (χ4v) is 1.14. The topological polar surface area (TPSA) is 58.6 Å². The molecule has 58 valence electrons. The van der Waals surface area contributed by atoms with Crippen LogP contribution in [0.5, 0.6) is 0 Å². The summed E-state index contributed by atoms with van der Waals surface area (Å²) >= 11 is 0. The number of amides is 1. The first-order valence-corrected chi connectivity index (χ1v) is 3.43. The molecule has 10 heavy (non-hydrogen) atoms. The smallest absolute Gasteiger partial charge is 0.428 e. The van der Waals surface area contributed by atoms with E-state index >= 15 is 0 Å². The third-order valence-corrected chi connectivity index (χ3v) is 1.62. The zero-order chi connectivity index (χ0) is 7.40. The van der Waals surface area contributed by atoms with Crippen molar-refractivity contribution < 1.29 is 14.7 Å². The van der Waals surface area contributed by atoms with Crippen molar-refractivity contribution in [1.82, 2.24) is 5.48 Å². The van der Waals surface area contributed by atoms with Gasteiger partial charge in [-0.05, 0) is 12.8 Å². The van der Waals surface area contributed by atoms with Gasteiger partial charge in [0.2, 0.25) is 0 Å². The highest BCUT2D eigenvalue weighted by atomic mass is 16.7. The van der Waals surface area contributed by atoms with Gasteiger partial charge in [0.25, 0.3) is 0 Å². The van der Waals surface area contributed by atoms with E-state index < -0.39 is 6.09 Å². The summed E-state index contributed by atoms with van der Waals surface area (Å²) in [6.45, 7) is 0. The van der Waals surface area contributed by atoms with Gasteiger partial charge in [-0.25, -0.2) is 4.79 Å². The zero-order valence-corrected chi connectivity index (χ0v) is 5.67. The maximum absolute atomic E-state index is 9.92. The number of rotatable bonds is 2. The molecule has 4 nitrogen and oxygen atoms in total. The maximum atomic E-state index is 9.92. The van der Waals surface area contributed by atoms with Gasteiger partial charge in [0.05, 0.1) is 6.10 Å². The minimum atomic E-state index is -1.12. The van der Waals surface area contributed by atoms with Crippen LogP contribution in [-0.4, -0.2) is 17.3 Å². The van der Waals surface area contributed by atoms with Gasteiger partial charge in [-0.3, -0.25) is 4.84 Å². The highest BCUT2D eigenvalue weighted by molar-refractivity contribution is 5.62. The summed E-state index contributed by atoms with van der Waals surface area (Å²) in [4.78, 5) is 14.7. The molecule has 2 N–H and O–H groups in total. The van der Waals surface area contributed by atoms with Crippen molar-refractivity contribution in [2.24, 2.45) is 0 Å². The first-order chi connectivity index (χ1) is 4.79. The van der Waals surface area contributed by atoms with E-state index in [-0.39, 0.29) is 6.10 Å². The molecule has 1 amide bonds. The Morgan fingerprint density at radius 3 is 2.60 bits per heavy atom. The molecule has 0 spiro atoms. The van der Waals surface area contributed by atoms with Crippen LogP contribution >= 0.6 is 0 Å². The van der Waals surface area contributed by atoms with Crippen molar-refractivity contribution in [3.63, 3.8) is 0 Å². The van der Waals surface area contributed by atoms with E-state index in [1.54, 1.807) is 0 Å². The quantitative estimate of drug-likeness (QED) is 0.572. The molecule has 0 saturated heterocycles. The normalized spacial score (nSPS) is 19.2. The van der Waals surface area contributed by atoms with Crippen LogP contribution in [0.25, 0.3) is 0 Å². The Balaban J connectivity index is 2.07. The molecular formula is C6H11NO3. The van der Waals surface area contributed by atoms with Crippen molar-refractivity contribution in [2.75, 3.05) is 0 Å². The van der Waals surface area contributed by atoms with Crippen molar-refractivity contribution in [2.45, 2.75) is 31.8 Å². The molecule has 0 aliphatic heterocycles. The van der Waals surface area contributed by atoms with Crippen LogP contribution in [0.3, 0.4) is 0 Å². The highest BCUT2D eigenvalue weighted by Gasteiger charge is 2.16. The second-order valence-electron chi connectivity index (χ2n) is 2.43. The lowest BCUT2D eigenvalue weighted by Gasteiger charge is -2.07. The molecule has 1 aliphatic carbocycles. The first-order valence-electron chi connectivity index (χ1n) is 3.43. The summed E-state index contributed by atoms with van der Waals surface area (Å²) in [5, 5.41) is 8.14. The third-order valence-electron chi connectivity index (χ3n) is 1.62. The Labute approximate surface area is 59.1 Å². The molecule has 4 heteroatoms. The monoisotopic (exact) mass is 145 g/mol. The Hall–Kier alpha value is -0.770. The maximum Gasteiger partial charge on any atom is 0.428 e. The van der Waals surface area contributed by atoms with E-state index in [0.717, 1.165) is 25.7 Å². The van der Waals surface area contributed by atoms with Crippen molar-refractivity contribution in [3.05, 3.63) is 0 Å². The molecule has 1 rings (SSSR count). The van der Waals surface area contributed by atoms with Gasteiger partial charge in [-0.1, -0.05) is 12.8 Å². The Morgan fingerprint density at radius 1 is 1.50 bits per heavy atom. The average molecular weight is 145 g/mol. The van der Waals surface area contributed by atoms with E-state index in [1.165, 1.54) is 0 Å². The van der Waals surface area contributed by atoms with E-state index in [9.17, 15) is 4.79 Å². The van der Waals surface area contributed by atoms with Crippen molar-refractivity contribution in [1.29, 1.82) is 0 Å². The lowest BCUT2D eigenvalue weighted by Crippen LogP contribution is -2.26. The van der Waals surface area contributed by atoms with Crippen LogP contribution in [-0.2, 0) is 4.84 Å². The summed E-state index contributed by atoms with van der Waals surface area (Å²) in [6.07, 6.45) is 3.22. The number of carbonyl (C=O) groups is 1. The first kappa shape index (κ1) is 7.34. The van der Waals surface area contributed by atoms with Gasteiger partial charge in [-0.15, -0.1) is 0 Å². The van der Waals surface area contributed by atoms with E-state index in [4.69, 9.17) is 9.94 Å². The van der Waals surface area contributed by atoms with E-state index in [1.807, 2.05) is 5.48 Å². The lowest BCUT2D eigenvalue weighted by molar-refractivity contribution is -0.0119. The molecule has 0 unspecified atom stereocenters. The zero-order valence-electron chi connectivity index (χ0n) is 5.67. The largest absolute Gasteiger partial charge is 0.464 e. The average Bonchev–Trinajstić information content (AvgIpc) is 2.34. The predicted molar refractivity (Wildman–Crippen MR) is 34.5 cm³/mol. The number of hydroxylamine groups is 1. The van der Waals surface area contributed by atoms with Gasteiger partial charge in [0, 0.05) is 0 Å². The van der Waals surface area contributed by atoms with Crippen LogP contribution in [0, 0.1) is 0 Å². The number of carboxylic acid groups (broad SMARTS) is 1. The minimum Gasteiger partial charge on any atom is -0.464 e. The lowest BCUT2D eigenvalue weighted by atomic mass is 10.3. The Morgan fingerprint density at radius 2 is 2.10 bits per heavy atom. The molecule has 0 atom stereocenters. The SMILES string of the molecule is O=C(O)NOC1CCCC1. The fraction of sp³-hybridized carbons (Fsp3) is 0.833. The number of hydrogen-bond acceptors (Lipinski definition) is 2. The van der Waals surface area contributed by atoms with Crippen LogP contribution < -0.4 is 5.48 Å². The van der Waals surface area contributed by atoms with Crippen molar-refractivity contribution >= 4 is 6.09 Å². The Kier molecular flexibility index (Phi) is 2.50. The molecule has 0 radical (unpaired) electrons. The summed E-state index contributed by atoms with van der Waals surface area (Å²) in [5.74, 6) is 0. The minimum absolute atomic E-state index is 0.107. The van der Waals surface area contributed by atoms with Crippen molar-refractivity contribution in [3.8, 4) is 0 Å². The van der Waals surface area contributed by atoms with Gasteiger partial charge in [-0.2, -0.15) is 5.48 Å². The number of hydrogen-bond donors (Lipinski definition) is 2. The van der Waals surface area contributed by atoms with Gasteiger partial charge in [0.1, 0.15) is 0 Å². The second-order valence-corrected chi connectivity index (χ2v) is 2.43. The molecular weight excluding hydrogens is 134 g/mol. The molecule has 0 aromatic rings. The predicted octanol–water partition coefficient (Wildman–Crippen LogP) is 1.13. The van der Waals surface area contributed by atoms with Gasteiger partial charge in [0.15, 0.2) is 0 Å². The standard InChI is InChI=1S/C6H11NO3/c8-6(9)7-10-5-3-1-2-4-5/h5,7H,1-4H2,(H,8,9). The highest BCUT2D eigenvalue weighted by Crippen LogP contribution is 2.19. The summed E-state index contributed by atoms with van der Waals surface area (Å²) in [6, 6.07) is 0. The summed E-state index contributed by atoms with van der Waals surface area (Å²) in [7, 11) is 0. The summed E-state index contributed by atoms with van der Waals surface area (Å²) < 4.78 is 0. The third kappa shape index (κ3) is 2.23. The molecule has 0 heterocycles. The molecule has 0 aromatic carbocycles. The van der Waals surface area contributed by atoms with E-state index in [2.05, 4.69) is 0 Å². The van der Waals surface area contributed by atoms with Crippen LogP contribution in [0.15, 0.2) is 0 Å². The Bertz CT molecular complexity index is 120. The van der Waals surface area contributed by atoms with Gasteiger partial charge < -0.3 is 5.11 Å². The number of nitrogens with one attached hydrogen (secondary N) is 1. The van der Waals surface area contributed by atoms with Crippen LogP contribution in [0.1, 0.15) is 25.7 Å². The summed E-state index contributed by atoms with van der Waals surface area (Å²) in [5.41, 5.74) is 1.90. The molecule has 0 aromatic heterocycles. The van der Waals surface area contributed by atoms with Crippen LogP contribution in [0.4, 0.5) is 4.79 Å². The van der Waals surface area contributed by atoms with Gasteiger partial charge >= 0.3 is 6.09 Å². The molecule has 1 fully saturated rings. The van der Waals surface area contributed by atoms with E-state index in [0.29, 0.717) is 0 Å². The molecule has 1 aliphatic rings. The molecule has 1 saturated carbocycles.